The zero-order valence-corrected chi connectivity index (χ0v) is 13.5. The predicted octanol–water partition coefficient (Wildman–Crippen LogP) is 1.00. The third-order valence-electron chi connectivity index (χ3n) is 5.36. The molecule has 1 aromatic rings. The summed E-state index contributed by atoms with van der Waals surface area (Å²) in [6, 6.07) is 0.296. The van der Waals surface area contributed by atoms with Crippen molar-refractivity contribution in [3.05, 3.63) is 23.8 Å². The molecule has 6 nitrogen and oxygen atoms in total. The zero-order chi connectivity index (χ0) is 15.6. The van der Waals surface area contributed by atoms with Crippen LogP contribution in [0.4, 0.5) is 0 Å². The molecule has 1 aromatic heterocycles. The number of carbonyl (C=O) groups is 1. The summed E-state index contributed by atoms with van der Waals surface area (Å²) in [5, 5.41) is 0. The van der Waals surface area contributed by atoms with Crippen molar-refractivity contribution in [3.63, 3.8) is 0 Å². The largest absolute Gasteiger partial charge is 0.374 e. The normalized spacial score (nSPS) is 28.1. The maximum absolute atomic E-state index is 12.8. The average Bonchev–Trinajstić information content (AvgIpc) is 2.61. The number of fused-ring (bicyclic) bond motifs is 2. The zero-order valence-electron chi connectivity index (χ0n) is 13.5. The van der Waals surface area contributed by atoms with Crippen LogP contribution < -0.4 is 0 Å². The Morgan fingerprint density at radius 2 is 2.22 bits per heavy atom. The second-order valence-corrected chi connectivity index (χ2v) is 6.80. The molecule has 1 saturated heterocycles. The van der Waals surface area contributed by atoms with E-state index in [2.05, 4.69) is 19.8 Å². The van der Waals surface area contributed by atoms with Crippen molar-refractivity contribution in [1.82, 2.24) is 19.8 Å². The molecule has 0 aromatic carbocycles. The van der Waals surface area contributed by atoms with E-state index in [1.165, 1.54) is 18.4 Å². The van der Waals surface area contributed by atoms with Gasteiger partial charge in [0, 0.05) is 25.8 Å². The third-order valence-corrected chi connectivity index (χ3v) is 5.36. The first-order chi connectivity index (χ1) is 11.3. The molecular formula is C17H24N4O2. The van der Waals surface area contributed by atoms with E-state index >= 15 is 0 Å². The molecule has 1 amide bonds. The Morgan fingerprint density at radius 3 is 3.17 bits per heavy atom. The van der Waals surface area contributed by atoms with Gasteiger partial charge in [-0.1, -0.05) is 12.8 Å². The summed E-state index contributed by atoms with van der Waals surface area (Å²) in [4.78, 5) is 25.6. The van der Waals surface area contributed by atoms with E-state index in [1.807, 2.05) is 6.20 Å². The molecule has 2 aliphatic heterocycles. The van der Waals surface area contributed by atoms with Gasteiger partial charge in [0.1, 0.15) is 6.33 Å². The maximum Gasteiger partial charge on any atom is 0.237 e. The van der Waals surface area contributed by atoms with Crippen LogP contribution in [-0.2, 0) is 22.5 Å². The van der Waals surface area contributed by atoms with Gasteiger partial charge in [-0.3, -0.25) is 9.69 Å². The highest BCUT2D eigenvalue weighted by molar-refractivity contribution is 5.78. The molecule has 3 heterocycles. The smallest absolute Gasteiger partial charge is 0.237 e. The number of nitrogens with zero attached hydrogens (tertiary/aromatic N) is 4. The molecule has 1 aliphatic carbocycles. The van der Waals surface area contributed by atoms with Gasteiger partial charge in [0.2, 0.25) is 5.91 Å². The van der Waals surface area contributed by atoms with E-state index in [1.54, 1.807) is 6.33 Å². The van der Waals surface area contributed by atoms with Crippen molar-refractivity contribution in [1.29, 1.82) is 0 Å². The second kappa shape index (κ2) is 6.53. The van der Waals surface area contributed by atoms with E-state index in [0.717, 1.165) is 44.6 Å². The van der Waals surface area contributed by atoms with Gasteiger partial charge >= 0.3 is 0 Å². The molecule has 0 bridgehead atoms. The van der Waals surface area contributed by atoms with Crippen LogP contribution in [0.2, 0.25) is 0 Å². The van der Waals surface area contributed by atoms with E-state index < -0.39 is 0 Å². The quantitative estimate of drug-likeness (QED) is 0.815. The highest BCUT2D eigenvalue weighted by Gasteiger charge is 2.37. The Labute approximate surface area is 136 Å². The van der Waals surface area contributed by atoms with Crippen molar-refractivity contribution >= 4 is 5.91 Å². The van der Waals surface area contributed by atoms with Crippen LogP contribution in [0.25, 0.3) is 0 Å². The van der Waals surface area contributed by atoms with Gasteiger partial charge in [-0.15, -0.1) is 0 Å². The highest BCUT2D eigenvalue weighted by atomic mass is 16.5. The molecule has 6 heteroatoms. The summed E-state index contributed by atoms with van der Waals surface area (Å²) in [7, 11) is 0. The van der Waals surface area contributed by atoms with E-state index in [-0.39, 0.29) is 12.0 Å². The van der Waals surface area contributed by atoms with Crippen molar-refractivity contribution < 1.29 is 9.53 Å². The molecule has 0 radical (unpaired) electrons. The molecule has 1 saturated carbocycles. The number of hydrogen-bond donors (Lipinski definition) is 0. The number of ether oxygens (including phenoxy) is 1. The molecule has 0 N–H and O–H groups in total. The minimum atomic E-state index is 0.253. The van der Waals surface area contributed by atoms with Gasteiger partial charge in [0.25, 0.3) is 0 Å². The fourth-order valence-electron chi connectivity index (χ4n) is 4.13. The molecule has 3 aliphatic rings. The van der Waals surface area contributed by atoms with Crippen LogP contribution in [0.3, 0.4) is 0 Å². The lowest BCUT2D eigenvalue weighted by molar-refractivity contribution is -0.150. The number of hydrogen-bond acceptors (Lipinski definition) is 5. The SMILES string of the molecule is O=C(CN1CCc2cncnc2C1)N1CCO[C@@H]2CCCC[C@H]21. The van der Waals surface area contributed by atoms with Crippen LogP contribution in [0, 0.1) is 0 Å². The Kier molecular flexibility index (Phi) is 4.27. The summed E-state index contributed by atoms with van der Waals surface area (Å²) in [5.41, 5.74) is 2.28. The third kappa shape index (κ3) is 3.10. The fourth-order valence-corrected chi connectivity index (χ4v) is 4.13. The lowest BCUT2D eigenvalue weighted by Crippen LogP contribution is -2.57. The van der Waals surface area contributed by atoms with Crippen LogP contribution in [0.1, 0.15) is 36.9 Å². The number of morpholine rings is 1. The average molecular weight is 316 g/mol. The molecule has 2 fully saturated rings. The maximum atomic E-state index is 12.8. The van der Waals surface area contributed by atoms with Gasteiger partial charge in [0.15, 0.2) is 0 Å². The summed E-state index contributed by atoms with van der Waals surface area (Å²) < 4.78 is 5.87. The van der Waals surface area contributed by atoms with E-state index in [9.17, 15) is 4.79 Å². The highest BCUT2D eigenvalue weighted by Crippen LogP contribution is 2.28. The molecule has 2 atom stereocenters. The topological polar surface area (TPSA) is 58.6 Å². The Bertz CT molecular complexity index is 577. The number of rotatable bonds is 2. The van der Waals surface area contributed by atoms with Gasteiger partial charge in [0.05, 0.1) is 31.0 Å². The second-order valence-electron chi connectivity index (χ2n) is 6.80. The number of amides is 1. The van der Waals surface area contributed by atoms with Crippen LogP contribution in [0.5, 0.6) is 0 Å². The minimum absolute atomic E-state index is 0.253. The van der Waals surface area contributed by atoms with Crippen LogP contribution in [-0.4, -0.2) is 64.1 Å². The van der Waals surface area contributed by atoms with Gasteiger partial charge in [-0.05, 0) is 24.8 Å². The molecule has 4 rings (SSSR count). The van der Waals surface area contributed by atoms with Gasteiger partial charge in [-0.2, -0.15) is 0 Å². The van der Waals surface area contributed by atoms with Gasteiger partial charge < -0.3 is 9.64 Å². The van der Waals surface area contributed by atoms with Crippen molar-refractivity contribution in [2.45, 2.75) is 50.8 Å². The van der Waals surface area contributed by atoms with Crippen molar-refractivity contribution in [3.8, 4) is 0 Å². The summed E-state index contributed by atoms with van der Waals surface area (Å²) in [5.74, 6) is 0.253. The monoisotopic (exact) mass is 316 g/mol. The Morgan fingerprint density at radius 1 is 1.30 bits per heavy atom. The molecule has 124 valence electrons. The minimum Gasteiger partial charge on any atom is -0.374 e. The molecule has 0 unspecified atom stereocenters. The summed E-state index contributed by atoms with van der Waals surface area (Å²) in [6.07, 6.45) is 9.31. The first-order valence-electron chi connectivity index (χ1n) is 8.72. The standard InChI is InChI=1S/C17H24N4O2/c22-17(21-7-8-23-16-4-2-1-3-15(16)21)11-20-6-5-13-9-18-12-19-14(13)10-20/h9,12,15-16H,1-8,10-11H2/t15-,16-/m1/s1. The summed E-state index contributed by atoms with van der Waals surface area (Å²) >= 11 is 0. The Balaban J connectivity index is 1.40. The first kappa shape index (κ1) is 15.0. The van der Waals surface area contributed by atoms with E-state index in [0.29, 0.717) is 19.2 Å². The fraction of sp³-hybridized carbons (Fsp3) is 0.706. The first-order valence-corrected chi connectivity index (χ1v) is 8.72. The lowest BCUT2D eigenvalue weighted by atomic mass is 9.90. The predicted molar refractivity (Wildman–Crippen MR) is 84.7 cm³/mol. The van der Waals surface area contributed by atoms with Crippen molar-refractivity contribution in [2.24, 2.45) is 0 Å². The number of aromatic nitrogens is 2. The van der Waals surface area contributed by atoms with E-state index in [4.69, 9.17) is 4.74 Å². The Hall–Kier alpha value is -1.53. The van der Waals surface area contributed by atoms with Gasteiger partial charge in [-0.25, -0.2) is 9.97 Å². The molecular weight excluding hydrogens is 292 g/mol. The van der Waals surface area contributed by atoms with Crippen molar-refractivity contribution in [2.75, 3.05) is 26.2 Å². The lowest BCUT2D eigenvalue weighted by Gasteiger charge is -2.44. The van der Waals surface area contributed by atoms with Crippen LogP contribution in [0.15, 0.2) is 12.5 Å². The summed E-state index contributed by atoms with van der Waals surface area (Å²) in [6.45, 7) is 3.58. The number of carbonyl (C=O) groups excluding carboxylic acids is 1. The molecule has 0 spiro atoms. The molecule has 23 heavy (non-hydrogen) atoms. The van der Waals surface area contributed by atoms with Crippen LogP contribution >= 0.6 is 0 Å².